The van der Waals surface area contributed by atoms with Gasteiger partial charge in [-0.25, -0.2) is 0 Å². The molecule has 1 aliphatic heterocycles. The van der Waals surface area contributed by atoms with E-state index in [1.165, 1.54) is 12.8 Å². The average molecular weight is 290 g/mol. The minimum atomic E-state index is 0.0308. The van der Waals surface area contributed by atoms with Crippen LogP contribution in [-0.4, -0.2) is 49.8 Å². The van der Waals surface area contributed by atoms with Crippen LogP contribution in [-0.2, 0) is 16.1 Å². The summed E-state index contributed by atoms with van der Waals surface area (Å²) in [5, 5.41) is 3.47. The zero-order chi connectivity index (χ0) is 14.5. The first kappa shape index (κ1) is 14.4. The van der Waals surface area contributed by atoms with Crippen LogP contribution in [0.25, 0.3) is 0 Å². The van der Waals surface area contributed by atoms with Crippen LogP contribution in [0.3, 0.4) is 0 Å². The van der Waals surface area contributed by atoms with E-state index >= 15 is 0 Å². The van der Waals surface area contributed by atoms with Gasteiger partial charge in [0.1, 0.15) is 5.75 Å². The molecular formula is C16H22N2O3. The van der Waals surface area contributed by atoms with Crippen molar-refractivity contribution in [3.63, 3.8) is 0 Å². The van der Waals surface area contributed by atoms with E-state index in [-0.39, 0.29) is 12.5 Å². The molecule has 1 aromatic rings. The number of hydrogen-bond acceptors (Lipinski definition) is 4. The maximum absolute atomic E-state index is 12.1. The fourth-order valence-electron chi connectivity index (χ4n) is 2.38. The number of benzene rings is 1. The fraction of sp³-hybridized carbons (Fsp3) is 0.562. The van der Waals surface area contributed by atoms with Crippen LogP contribution >= 0.6 is 0 Å². The second kappa shape index (κ2) is 6.91. The van der Waals surface area contributed by atoms with E-state index < -0.39 is 0 Å². The molecule has 1 heterocycles. The number of nitrogens with one attached hydrogen (secondary N) is 1. The zero-order valence-electron chi connectivity index (χ0n) is 12.2. The molecule has 3 rings (SSSR count). The zero-order valence-corrected chi connectivity index (χ0v) is 12.2. The van der Waals surface area contributed by atoms with E-state index in [1.54, 1.807) is 4.90 Å². The van der Waals surface area contributed by atoms with Crippen molar-refractivity contribution in [2.75, 3.05) is 32.9 Å². The predicted octanol–water partition coefficient (Wildman–Crippen LogP) is 1.18. The van der Waals surface area contributed by atoms with Gasteiger partial charge in [-0.15, -0.1) is 0 Å². The van der Waals surface area contributed by atoms with Gasteiger partial charge < -0.3 is 19.7 Å². The summed E-state index contributed by atoms with van der Waals surface area (Å²) in [6, 6.07) is 8.57. The Hall–Kier alpha value is -1.59. The van der Waals surface area contributed by atoms with E-state index in [4.69, 9.17) is 9.47 Å². The molecule has 21 heavy (non-hydrogen) atoms. The molecule has 0 unspecified atom stereocenters. The highest BCUT2D eigenvalue weighted by atomic mass is 16.5. The van der Waals surface area contributed by atoms with Crippen molar-refractivity contribution in [1.29, 1.82) is 0 Å². The van der Waals surface area contributed by atoms with Crippen LogP contribution in [0.5, 0.6) is 5.75 Å². The number of ether oxygens (including phenoxy) is 2. The van der Waals surface area contributed by atoms with Gasteiger partial charge in [0.05, 0.1) is 13.2 Å². The van der Waals surface area contributed by atoms with E-state index in [2.05, 4.69) is 5.32 Å². The molecule has 0 atom stereocenters. The normalized spacial score (nSPS) is 18.6. The lowest BCUT2D eigenvalue weighted by Crippen LogP contribution is -2.43. The first-order valence-electron chi connectivity index (χ1n) is 7.62. The highest BCUT2D eigenvalue weighted by molar-refractivity contribution is 5.77. The minimum Gasteiger partial charge on any atom is -0.483 e. The molecule has 0 radical (unpaired) electrons. The average Bonchev–Trinajstić information content (AvgIpc) is 3.36. The van der Waals surface area contributed by atoms with Crippen molar-refractivity contribution < 1.29 is 14.3 Å². The molecule has 1 aromatic carbocycles. The van der Waals surface area contributed by atoms with Crippen molar-refractivity contribution >= 4 is 5.91 Å². The Morgan fingerprint density at radius 1 is 1.29 bits per heavy atom. The maximum atomic E-state index is 12.1. The third-order valence-corrected chi connectivity index (χ3v) is 3.85. The summed E-state index contributed by atoms with van der Waals surface area (Å²) in [5.74, 6) is 0.829. The van der Waals surface area contributed by atoms with E-state index in [1.807, 2.05) is 24.3 Å². The lowest BCUT2D eigenvalue weighted by atomic mass is 10.2. The van der Waals surface area contributed by atoms with Crippen molar-refractivity contribution in [2.24, 2.45) is 0 Å². The molecule has 1 aliphatic carbocycles. The van der Waals surface area contributed by atoms with Gasteiger partial charge in [0.2, 0.25) is 0 Å². The van der Waals surface area contributed by atoms with E-state index in [9.17, 15) is 4.79 Å². The molecule has 5 heteroatoms. The summed E-state index contributed by atoms with van der Waals surface area (Å²) < 4.78 is 11.0. The topological polar surface area (TPSA) is 50.8 Å². The van der Waals surface area contributed by atoms with Crippen LogP contribution in [0, 0.1) is 0 Å². The van der Waals surface area contributed by atoms with Crippen molar-refractivity contribution in [3.05, 3.63) is 29.8 Å². The SMILES string of the molecule is O=C(COc1ccccc1CNC1CC1)N1CCOCC1. The number of morpholine rings is 1. The molecule has 0 spiro atoms. The molecule has 5 nitrogen and oxygen atoms in total. The van der Waals surface area contributed by atoms with Gasteiger partial charge in [-0.05, 0) is 18.9 Å². The molecular weight excluding hydrogens is 268 g/mol. The van der Waals surface area contributed by atoms with Crippen LogP contribution in [0.2, 0.25) is 0 Å². The third-order valence-electron chi connectivity index (χ3n) is 3.85. The number of amides is 1. The number of nitrogens with zero attached hydrogens (tertiary/aromatic N) is 1. The van der Waals surface area contributed by atoms with Gasteiger partial charge in [-0.3, -0.25) is 4.79 Å². The summed E-state index contributed by atoms with van der Waals surface area (Å²) in [4.78, 5) is 13.9. The molecule has 1 N–H and O–H groups in total. The van der Waals surface area contributed by atoms with Crippen LogP contribution in [0.4, 0.5) is 0 Å². The standard InChI is InChI=1S/C16H22N2O3/c19-16(18-7-9-20-10-8-18)12-21-15-4-2-1-3-13(15)11-17-14-5-6-14/h1-4,14,17H,5-12H2. The fourth-order valence-corrected chi connectivity index (χ4v) is 2.38. The van der Waals surface area contributed by atoms with Crippen molar-refractivity contribution in [3.8, 4) is 5.75 Å². The van der Waals surface area contributed by atoms with Gasteiger partial charge in [-0.1, -0.05) is 18.2 Å². The Labute approximate surface area is 125 Å². The lowest BCUT2D eigenvalue weighted by Gasteiger charge is -2.26. The maximum Gasteiger partial charge on any atom is 0.260 e. The molecule has 0 aromatic heterocycles. The van der Waals surface area contributed by atoms with Gasteiger partial charge in [0.15, 0.2) is 6.61 Å². The van der Waals surface area contributed by atoms with Crippen LogP contribution in [0.1, 0.15) is 18.4 Å². The van der Waals surface area contributed by atoms with Gasteiger partial charge in [0.25, 0.3) is 5.91 Å². The summed E-state index contributed by atoms with van der Waals surface area (Å²) in [5.41, 5.74) is 1.11. The third kappa shape index (κ3) is 4.19. The molecule has 1 saturated carbocycles. The second-order valence-corrected chi connectivity index (χ2v) is 5.54. The smallest absolute Gasteiger partial charge is 0.260 e. The molecule has 2 aliphatic rings. The molecule has 1 amide bonds. The van der Waals surface area contributed by atoms with Crippen molar-refractivity contribution in [1.82, 2.24) is 10.2 Å². The van der Waals surface area contributed by atoms with E-state index in [0.717, 1.165) is 17.9 Å². The Balaban J connectivity index is 1.52. The first-order chi connectivity index (χ1) is 10.3. The Bertz CT molecular complexity index is 482. The van der Waals surface area contributed by atoms with Gasteiger partial charge in [0, 0.05) is 31.2 Å². The van der Waals surface area contributed by atoms with E-state index in [0.29, 0.717) is 32.3 Å². The number of para-hydroxylation sites is 1. The summed E-state index contributed by atoms with van der Waals surface area (Å²) >= 11 is 0. The van der Waals surface area contributed by atoms with Gasteiger partial charge in [-0.2, -0.15) is 0 Å². The van der Waals surface area contributed by atoms with Crippen molar-refractivity contribution in [2.45, 2.75) is 25.4 Å². The molecule has 0 bridgehead atoms. The molecule has 2 fully saturated rings. The Morgan fingerprint density at radius 3 is 2.81 bits per heavy atom. The Kier molecular flexibility index (Phi) is 4.72. The number of rotatable bonds is 6. The number of carbonyl (C=O) groups is 1. The van der Waals surface area contributed by atoms with Gasteiger partial charge >= 0.3 is 0 Å². The molecule has 114 valence electrons. The minimum absolute atomic E-state index is 0.0308. The second-order valence-electron chi connectivity index (χ2n) is 5.54. The lowest BCUT2D eigenvalue weighted by molar-refractivity contribution is -0.137. The predicted molar refractivity (Wildman–Crippen MR) is 79.2 cm³/mol. The summed E-state index contributed by atoms with van der Waals surface area (Å²) in [6.45, 7) is 3.45. The summed E-state index contributed by atoms with van der Waals surface area (Å²) in [6.07, 6.45) is 2.52. The molecule has 1 saturated heterocycles. The quantitative estimate of drug-likeness (QED) is 0.854. The highest BCUT2D eigenvalue weighted by Gasteiger charge is 2.21. The monoisotopic (exact) mass is 290 g/mol. The first-order valence-corrected chi connectivity index (χ1v) is 7.62. The Morgan fingerprint density at radius 2 is 2.05 bits per heavy atom. The van der Waals surface area contributed by atoms with Crippen LogP contribution < -0.4 is 10.1 Å². The highest BCUT2D eigenvalue weighted by Crippen LogP contribution is 2.22. The number of carbonyl (C=O) groups excluding carboxylic acids is 1. The van der Waals surface area contributed by atoms with Crippen LogP contribution in [0.15, 0.2) is 24.3 Å². The largest absolute Gasteiger partial charge is 0.483 e. The summed E-state index contributed by atoms with van der Waals surface area (Å²) in [7, 11) is 0. The number of hydrogen-bond donors (Lipinski definition) is 1.